The molecule has 3 N–H and O–H groups in total. The zero-order chi connectivity index (χ0) is 19.3. The fraction of sp³-hybridized carbons (Fsp3) is 0.222. The maximum absolute atomic E-state index is 12.7. The zero-order valence-corrected chi connectivity index (χ0v) is 16.2. The SMILES string of the molecule is CCOc1c(Br)cc(C(=O)Nc2cc(C(N)=O)ccc2OC)cc1OC. The summed E-state index contributed by atoms with van der Waals surface area (Å²) in [6.45, 7) is 2.31. The highest BCUT2D eigenvalue weighted by Crippen LogP contribution is 2.37. The molecule has 0 aliphatic carbocycles. The van der Waals surface area contributed by atoms with Crippen molar-refractivity contribution < 1.29 is 23.8 Å². The molecule has 0 radical (unpaired) electrons. The van der Waals surface area contributed by atoms with Crippen LogP contribution in [0, 0.1) is 0 Å². The van der Waals surface area contributed by atoms with Crippen molar-refractivity contribution in [3.63, 3.8) is 0 Å². The van der Waals surface area contributed by atoms with Crippen LogP contribution in [0.5, 0.6) is 17.2 Å². The van der Waals surface area contributed by atoms with Gasteiger partial charge in [-0.1, -0.05) is 0 Å². The summed E-state index contributed by atoms with van der Waals surface area (Å²) >= 11 is 3.38. The van der Waals surface area contributed by atoms with E-state index in [4.69, 9.17) is 19.9 Å². The summed E-state index contributed by atoms with van der Waals surface area (Å²) in [5.41, 5.74) is 6.21. The number of halogens is 1. The molecule has 2 aromatic carbocycles. The smallest absolute Gasteiger partial charge is 0.255 e. The van der Waals surface area contributed by atoms with Gasteiger partial charge in [0.2, 0.25) is 5.91 Å². The monoisotopic (exact) mass is 422 g/mol. The Balaban J connectivity index is 2.37. The minimum absolute atomic E-state index is 0.256. The molecular formula is C18H19BrN2O5. The Kier molecular flexibility index (Phi) is 6.46. The van der Waals surface area contributed by atoms with Crippen molar-refractivity contribution >= 4 is 33.4 Å². The van der Waals surface area contributed by atoms with Gasteiger partial charge in [0.15, 0.2) is 11.5 Å². The largest absolute Gasteiger partial charge is 0.495 e. The Bertz CT molecular complexity index is 839. The number of primary amides is 1. The number of amides is 2. The molecule has 0 saturated carbocycles. The van der Waals surface area contributed by atoms with E-state index in [1.807, 2.05) is 6.92 Å². The summed E-state index contributed by atoms with van der Waals surface area (Å²) in [6.07, 6.45) is 0. The van der Waals surface area contributed by atoms with Crippen LogP contribution < -0.4 is 25.3 Å². The predicted molar refractivity (Wildman–Crippen MR) is 101 cm³/mol. The highest BCUT2D eigenvalue weighted by atomic mass is 79.9. The molecule has 2 aromatic rings. The van der Waals surface area contributed by atoms with Gasteiger partial charge in [-0.2, -0.15) is 0 Å². The molecule has 8 heteroatoms. The highest BCUT2D eigenvalue weighted by Gasteiger charge is 2.17. The van der Waals surface area contributed by atoms with Gasteiger partial charge in [0.05, 0.1) is 31.0 Å². The quantitative estimate of drug-likeness (QED) is 0.713. The normalized spacial score (nSPS) is 10.2. The predicted octanol–water partition coefficient (Wildman–Crippen LogP) is 3.22. The Morgan fingerprint density at radius 2 is 1.77 bits per heavy atom. The zero-order valence-electron chi connectivity index (χ0n) is 14.6. The summed E-state index contributed by atoms with van der Waals surface area (Å²) in [5, 5.41) is 2.71. The van der Waals surface area contributed by atoms with Gasteiger partial charge in [0.1, 0.15) is 5.75 Å². The number of hydrogen-bond donors (Lipinski definition) is 2. The Labute approximate surface area is 159 Å². The standard InChI is InChI=1S/C18H19BrN2O5/c1-4-26-16-12(19)7-11(9-15(16)25-3)18(23)21-13-8-10(17(20)22)5-6-14(13)24-2/h5-9H,4H2,1-3H3,(H2,20,22)(H,21,23). The molecule has 0 aliphatic heterocycles. The number of anilines is 1. The van der Waals surface area contributed by atoms with E-state index in [0.717, 1.165) is 0 Å². The summed E-state index contributed by atoms with van der Waals surface area (Å²) in [6, 6.07) is 7.72. The first-order valence-electron chi connectivity index (χ1n) is 7.70. The molecular weight excluding hydrogens is 404 g/mol. The van der Waals surface area contributed by atoms with Crippen molar-refractivity contribution in [2.45, 2.75) is 6.92 Å². The summed E-state index contributed by atoms with van der Waals surface area (Å²) in [5.74, 6) is 0.324. The lowest BCUT2D eigenvalue weighted by Gasteiger charge is -2.14. The van der Waals surface area contributed by atoms with Gasteiger partial charge in [-0.25, -0.2) is 0 Å². The molecule has 0 aromatic heterocycles. The van der Waals surface area contributed by atoms with E-state index in [0.29, 0.717) is 39.6 Å². The fourth-order valence-corrected chi connectivity index (χ4v) is 2.85. The van der Waals surface area contributed by atoms with Crippen LogP contribution in [0.4, 0.5) is 5.69 Å². The molecule has 26 heavy (non-hydrogen) atoms. The summed E-state index contributed by atoms with van der Waals surface area (Å²) in [7, 11) is 2.96. The van der Waals surface area contributed by atoms with Crippen LogP contribution in [0.25, 0.3) is 0 Å². The minimum atomic E-state index is -0.603. The fourth-order valence-electron chi connectivity index (χ4n) is 2.29. The second kappa shape index (κ2) is 8.57. The number of benzene rings is 2. The Hall–Kier alpha value is -2.74. The molecule has 0 unspecified atom stereocenters. The van der Waals surface area contributed by atoms with Crippen LogP contribution in [0.1, 0.15) is 27.6 Å². The molecule has 0 bridgehead atoms. The van der Waals surface area contributed by atoms with Crippen molar-refractivity contribution in [2.24, 2.45) is 5.73 Å². The van der Waals surface area contributed by atoms with E-state index in [9.17, 15) is 9.59 Å². The van der Waals surface area contributed by atoms with Crippen LogP contribution >= 0.6 is 15.9 Å². The van der Waals surface area contributed by atoms with E-state index in [1.165, 1.54) is 26.4 Å². The van der Waals surface area contributed by atoms with Gasteiger partial charge in [-0.05, 0) is 53.2 Å². The van der Waals surface area contributed by atoms with Gasteiger partial charge >= 0.3 is 0 Å². The van der Waals surface area contributed by atoms with Crippen LogP contribution in [-0.4, -0.2) is 32.6 Å². The first-order chi connectivity index (χ1) is 12.4. The first-order valence-corrected chi connectivity index (χ1v) is 8.50. The second-order valence-corrected chi connectivity index (χ2v) is 6.01. The number of rotatable bonds is 7. The van der Waals surface area contributed by atoms with E-state index < -0.39 is 11.8 Å². The van der Waals surface area contributed by atoms with Crippen LogP contribution in [0.2, 0.25) is 0 Å². The molecule has 0 aliphatic rings. The molecule has 0 fully saturated rings. The highest BCUT2D eigenvalue weighted by molar-refractivity contribution is 9.10. The third kappa shape index (κ3) is 4.26. The van der Waals surface area contributed by atoms with Crippen molar-refractivity contribution in [3.8, 4) is 17.2 Å². The third-order valence-electron chi connectivity index (χ3n) is 3.51. The van der Waals surface area contributed by atoms with E-state index >= 15 is 0 Å². The average molecular weight is 423 g/mol. The lowest BCUT2D eigenvalue weighted by molar-refractivity contribution is 0.0996. The number of ether oxygens (including phenoxy) is 3. The second-order valence-electron chi connectivity index (χ2n) is 5.16. The van der Waals surface area contributed by atoms with Gasteiger partial charge in [0, 0.05) is 11.1 Å². The van der Waals surface area contributed by atoms with E-state index in [1.54, 1.807) is 18.2 Å². The number of hydrogen-bond acceptors (Lipinski definition) is 5. The van der Waals surface area contributed by atoms with Crippen LogP contribution in [0.15, 0.2) is 34.8 Å². The number of nitrogens with two attached hydrogens (primary N) is 1. The lowest BCUT2D eigenvalue weighted by atomic mass is 10.1. The van der Waals surface area contributed by atoms with Crippen LogP contribution in [-0.2, 0) is 0 Å². The minimum Gasteiger partial charge on any atom is -0.495 e. The van der Waals surface area contributed by atoms with Crippen molar-refractivity contribution in [1.29, 1.82) is 0 Å². The molecule has 138 valence electrons. The van der Waals surface area contributed by atoms with Crippen LogP contribution in [0.3, 0.4) is 0 Å². The average Bonchev–Trinajstić information content (AvgIpc) is 2.62. The van der Waals surface area contributed by atoms with Gasteiger partial charge in [-0.15, -0.1) is 0 Å². The maximum Gasteiger partial charge on any atom is 0.255 e. The summed E-state index contributed by atoms with van der Waals surface area (Å²) < 4.78 is 16.6. The molecule has 0 saturated heterocycles. The van der Waals surface area contributed by atoms with E-state index in [-0.39, 0.29) is 5.56 Å². The van der Waals surface area contributed by atoms with Crippen molar-refractivity contribution in [3.05, 3.63) is 45.9 Å². The Morgan fingerprint density at radius 3 is 2.35 bits per heavy atom. The van der Waals surface area contributed by atoms with Crippen molar-refractivity contribution in [2.75, 3.05) is 26.1 Å². The van der Waals surface area contributed by atoms with Gasteiger partial charge < -0.3 is 25.3 Å². The molecule has 7 nitrogen and oxygen atoms in total. The molecule has 0 spiro atoms. The molecule has 2 amide bonds. The number of carbonyl (C=O) groups excluding carboxylic acids is 2. The third-order valence-corrected chi connectivity index (χ3v) is 4.10. The summed E-state index contributed by atoms with van der Waals surface area (Å²) in [4.78, 5) is 24.0. The van der Waals surface area contributed by atoms with Crippen molar-refractivity contribution in [1.82, 2.24) is 0 Å². The lowest BCUT2D eigenvalue weighted by Crippen LogP contribution is -2.15. The van der Waals surface area contributed by atoms with Gasteiger partial charge in [-0.3, -0.25) is 9.59 Å². The first kappa shape index (κ1) is 19.6. The number of carbonyl (C=O) groups is 2. The maximum atomic E-state index is 12.7. The molecule has 0 atom stereocenters. The topological polar surface area (TPSA) is 99.9 Å². The molecule has 2 rings (SSSR count). The van der Waals surface area contributed by atoms with Gasteiger partial charge in [0.25, 0.3) is 5.91 Å². The van der Waals surface area contributed by atoms with E-state index in [2.05, 4.69) is 21.2 Å². The number of methoxy groups -OCH3 is 2. The molecule has 0 heterocycles. The number of nitrogens with one attached hydrogen (secondary N) is 1. The Morgan fingerprint density at radius 1 is 1.08 bits per heavy atom.